The molecule has 0 saturated carbocycles. The molecule has 1 aromatic carbocycles. The molecule has 2 aromatic rings. The van der Waals surface area contributed by atoms with E-state index in [2.05, 4.69) is 33.4 Å². The second kappa shape index (κ2) is 4.46. The van der Waals surface area contributed by atoms with Gasteiger partial charge in [-0.05, 0) is 24.6 Å². The molecule has 4 heteroatoms. The third-order valence-electron chi connectivity index (χ3n) is 3.52. The number of H-pyrrole nitrogens is 1. The average Bonchev–Trinajstić information content (AvgIpc) is 2.39. The number of fused-ring (bicyclic) bond motifs is 1. The fourth-order valence-electron chi connectivity index (χ4n) is 2.54. The Morgan fingerprint density at radius 1 is 1.17 bits per heavy atom. The lowest BCUT2D eigenvalue weighted by atomic mass is 10.1. The number of hydrogen-bond donors (Lipinski definition) is 2. The van der Waals surface area contributed by atoms with Gasteiger partial charge in [0.2, 0.25) is 5.56 Å². The number of aromatic amines is 1. The van der Waals surface area contributed by atoms with Crippen LogP contribution < -0.4 is 15.8 Å². The van der Waals surface area contributed by atoms with Crippen LogP contribution in [0.1, 0.15) is 5.56 Å². The van der Waals surface area contributed by atoms with Gasteiger partial charge in [0.15, 0.2) is 0 Å². The predicted molar refractivity (Wildman–Crippen MR) is 74.4 cm³/mol. The summed E-state index contributed by atoms with van der Waals surface area (Å²) in [6, 6.07) is 7.96. The summed E-state index contributed by atoms with van der Waals surface area (Å²) in [5.41, 5.74) is 3.11. The average molecular weight is 243 g/mol. The van der Waals surface area contributed by atoms with Crippen molar-refractivity contribution in [3.63, 3.8) is 0 Å². The number of anilines is 1. The molecule has 0 bridgehead atoms. The van der Waals surface area contributed by atoms with E-state index in [0.29, 0.717) is 0 Å². The lowest BCUT2D eigenvalue weighted by Crippen LogP contribution is -2.43. The molecule has 0 atom stereocenters. The third-order valence-corrected chi connectivity index (χ3v) is 3.52. The van der Waals surface area contributed by atoms with Gasteiger partial charge in [0, 0.05) is 43.3 Å². The van der Waals surface area contributed by atoms with Crippen LogP contribution in [0.25, 0.3) is 10.9 Å². The Labute approximate surface area is 106 Å². The Hall–Kier alpha value is -1.81. The van der Waals surface area contributed by atoms with Crippen LogP contribution in [-0.4, -0.2) is 31.2 Å². The van der Waals surface area contributed by atoms with Crippen molar-refractivity contribution in [2.75, 3.05) is 31.1 Å². The summed E-state index contributed by atoms with van der Waals surface area (Å²) in [4.78, 5) is 16.8. The Morgan fingerprint density at radius 2 is 1.94 bits per heavy atom. The van der Waals surface area contributed by atoms with Crippen LogP contribution in [0.5, 0.6) is 0 Å². The zero-order chi connectivity index (χ0) is 12.5. The highest BCUT2D eigenvalue weighted by Crippen LogP contribution is 2.22. The Morgan fingerprint density at radius 3 is 2.72 bits per heavy atom. The first-order chi connectivity index (χ1) is 8.74. The van der Waals surface area contributed by atoms with E-state index in [4.69, 9.17) is 0 Å². The van der Waals surface area contributed by atoms with Crippen LogP contribution in [0, 0.1) is 6.92 Å². The molecular weight excluding hydrogens is 226 g/mol. The molecule has 4 nitrogen and oxygen atoms in total. The van der Waals surface area contributed by atoms with E-state index in [1.807, 2.05) is 6.92 Å². The van der Waals surface area contributed by atoms with Gasteiger partial charge in [-0.1, -0.05) is 6.07 Å². The van der Waals surface area contributed by atoms with Crippen molar-refractivity contribution in [3.8, 4) is 0 Å². The van der Waals surface area contributed by atoms with Crippen molar-refractivity contribution in [1.29, 1.82) is 0 Å². The van der Waals surface area contributed by atoms with Gasteiger partial charge in [-0.15, -0.1) is 0 Å². The molecule has 18 heavy (non-hydrogen) atoms. The van der Waals surface area contributed by atoms with Crippen LogP contribution in [0.4, 0.5) is 5.69 Å². The molecule has 3 rings (SSSR count). The van der Waals surface area contributed by atoms with E-state index >= 15 is 0 Å². The van der Waals surface area contributed by atoms with Crippen LogP contribution in [0.3, 0.4) is 0 Å². The SMILES string of the molecule is Cc1cc(=O)[nH]c2cc(N3CCNCC3)ccc12. The summed E-state index contributed by atoms with van der Waals surface area (Å²) in [5, 5.41) is 4.46. The zero-order valence-electron chi connectivity index (χ0n) is 10.5. The normalized spacial score (nSPS) is 16.2. The number of aryl methyl sites for hydroxylation is 1. The summed E-state index contributed by atoms with van der Waals surface area (Å²) in [6.45, 7) is 6.04. The number of nitrogens with one attached hydrogen (secondary N) is 2. The van der Waals surface area contributed by atoms with Gasteiger partial charge < -0.3 is 15.2 Å². The minimum absolute atomic E-state index is 0.0301. The molecule has 1 aliphatic heterocycles. The first-order valence-corrected chi connectivity index (χ1v) is 6.33. The van der Waals surface area contributed by atoms with Crippen molar-refractivity contribution >= 4 is 16.6 Å². The smallest absolute Gasteiger partial charge is 0.248 e. The summed E-state index contributed by atoms with van der Waals surface area (Å²) in [6.07, 6.45) is 0. The first-order valence-electron chi connectivity index (χ1n) is 6.33. The fraction of sp³-hybridized carbons (Fsp3) is 0.357. The molecule has 0 spiro atoms. The highest BCUT2D eigenvalue weighted by atomic mass is 16.1. The van der Waals surface area contributed by atoms with Crippen molar-refractivity contribution in [2.24, 2.45) is 0 Å². The quantitative estimate of drug-likeness (QED) is 0.792. The standard InChI is InChI=1S/C14H17N3O/c1-10-8-14(18)16-13-9-11(2-3-12(10)13)17-6-4-15-5-7-17/h2-3,8-9,15H,4-7H2,1H3,(H,16,18). The van der Waals surface area contributed by atoms with Crippen molar-refractivity contribution in [1.82, 2.24) is 10.3 Å². The Balaban J connectivity index is 2.07. The summed E-state index contributed by atoms with van der Waals surface area (Å²) in [5.74, 6) is 0. The maximum Gasteiger partial charge on any atom is 0.248 e. The second-order valence-corrected chi connectivity index (χ2v) is 4.78. The molecule has 0 aliphatic carbocycles. The molecule has 0 radical (unpaired) electrons. The number of piperazine rings is 1. The lowest BCUT2D eigenvalue weighted by molar-refractivity contribution is 0.589. The molecule has 0 amide bonds. The third kappa shape index (κ3) is 1.99. The van der Waals surface area contributed by atoms with E-state index < -0.39 is 0 Å². The molecule has 94 valence electrons. The maximum atomic E-state index is 11.5. The molecule has 2 N–H and O–H groups in total. The first kappa shape index (κ1) is 11.3. The van der Waals surface area contributed by atoms with Crippen LogP contribution in [0.2, 0.25) is 0 Å². The zero-order valence-corrected chi connectivity index (χ0v) is 10.5. The maximum absolute atomic E-state index is 11.5. The van der Waals surface area contributed by atoms with Crippen LogP contribution in [-0.2, 0) is 0 Å². The minimum Gasteiger partial charge on any atom is -0.369 e. The molecular formula is C14H17N3O. The van der Waals surface area contributed by atoms with Gasteiger partial charge in [-0.2, -0.15) is 0 Å². The second-order valence-electron chi connectivity index (χ2n) is 4.78. The minimum atomic E-state index is -0.0301. The predicted octanol–water partition coefficient (Wildman–Crippen LogP) is 1.25. The van der Waals surface area contributed by atoms with E-state index in [1.54, 1.807) is 6.07 Å². The number of rotatable bonds is 1. The summed E-state index contributed by atoms with van der Waals surface area (Å²) >= 11 is 0. The number of benzene rings is 1. The van der Waals surface area contributed by atoms with Gasteiger partial charge in [0.25, 0.3) is 0 Å². The topological polar surface area (TPSA) is 48.1 Å². The van der Waals surface area contributed by atoms with E-state index in [9.17, 15) is 4.79 Å². The summed E-state index contributed by atoms with van der Waals surface area (Å²) < 4.78 is 0. The van der Waals surface area contributed by atoms with E-state index in [1.165, 1.54) is 5.69 Å². The van der Waals surface area contributed by atoms with Crippen LogP contribution in [0.15, 0.2) is 29.1 Å². The fourth-order valence-corrected chi connectivity index (χ4v) is 2.54. The van der Waals surface area contributed by atoms with Crippen molar-refractivity contribution < 1.29 is 0 Å². The van der Waals surface area contributed by atoms with Gasteiger partial charge in [0.05, 0.1) is 5.52 Å². The van der Waals surface area contributed by atoms with Crippen molar-refractivity contribution in [2.45, 2.75) is 6.92 Å². The molecule has 0 unspecified atom stereocenters. The van der Waals surface area contributed by atoms with Crippen molar-refractivity contribution in [3.05, 3.63) is 40.2 Å². The van der Waals surface area contributed by atoms with Gasteiger partial charge in [0.1, 0.15) is 0 Å². The number of aromatic nitrogens is 1. The Kier molecular flexibility index (Phi) is 2.80. The number of nitrogens with zero attached hydrogens (tertiary/aromatic N) is 1. The van der Waals surface area contributed by atoms with Gasteiger partial charge in [-0.3, -0.25) is 4.79 Å². The van der Waals surface area contributed by atoms with E-state index in [0.717, 1.165) is 42.6 Å². The molecule has 2 heterocycles. The molecule has 1 fully saturated rings. The van der Waals surface area contributed by atoms with Gasteiger partial charge in [-0.25, -0.2) is 0 Å². The monoisotopic (exact) mass is 243 g/mol. The highest BCUT2D eigenvalue weighted by Gasteiger charge is 2.11. The summed E-state index contributed by atoms with van der Waals surface area (Å²) in [7, 11) is 0. The van der Waals surface area contributed by atoms with E-state index in [-0.39, 0.29) is 5.56 Å². The molecule has 1 aromatic heterocycles. The molecule has 1 aliphatic rings. The lowest BCUT2D eigenvalue weighted by Gasteiger charge is -2.29. The Bertz CT molecular complexity index is 626. The number of hydrogen-bond acceptors (Lipinski definition) is 3. The number of pyridine rings is 1. The molecule has 1 saturated heterocycles. The largest absolute Gasteiger partial charge is 0.369 e. The highest BCUT2D eigenvalue weighted by molar-refractivity contribution is 5.85. The van der Waals surface area contributed by atoms with Gasteiger partial charge >= 0.3 is 0 Å². The van der Waals surface area contributed by atoms with Crippen LogP contribution >= 0.6 is 0 Å².